The minimum atomic E-state index is -0.625. The van der Waals surface area contributed by atoms with E-state index in [2.05, 4.69) is 11.6 Å². The lowest BCUT2D eigenvalue weighted by Gasteiger charge is -2.14. The summed E-state index contributed by atoms with van der Waals surface area (Å²) in [5, 5.41) is 8.73. The summed E-state index contributed by atoms with van der Waals surface area (Å²) < 4.78 is 5.55. The van der Waals surface area contributed by atoms with Gasteiger partial charge in [-0.15, -0.1) is 0 Å². The van der Waals surface area contributed by atoms with Gasteiger partial charge in [0.15, 0.2) is 0 Å². The Labute approximate surface area is 119 Å². The third kappa shape index (κ3) is 3.24. The fourth-order valence-electron chi connectivity index (χ4n) is 1.87. The van der Waals surface area contributed by atoms with Crippen molar-refractivity contribution in [3.05, 3.63) is 66.3 Å². The van der Waals surface area contributed by atoms with Crippen LogP contribution in [0.1, 0.15) is 12.5 Å². The largest absolute Gasteiger partial charge is 0.474 e. The molecule has 1 aliphatic heterocycles. The highest BCUT2D eigenvalue weighted by molar-refractivity contribution is 5.94. The van der Waals surface area contributed by atoms with Gasteiger partial charge in [0, 0.05) is 11.6 Å². The number of hydrogen-bond acceptors (Lipinski definition) is 3. The van der Waals surface area contributed by atoms with E-state index >= 15 is 0 Å². The topological polar surface area (TPSA) is 45.4 Å². The Balaban J connectivity index is 2.31. The Morgan fingerprint density at radius 1 is 1.40 bits per heavy atom. The van der Waals surface area contributed by atoms with Crippen LogP contribution < -0.4 is 0 Å². The average Bonchev–Trinajstić information content (AvgIpc) is 2.89. The van der Waals surface area contributed by atoms with E-state index in [1.807, 2.05) is 55.5 Å². The summed E-state index contributed by atoms with van der Waals surface area (Å²) in [6, 6.07) is 11.9. The van der Waals surface area contributed by atoms with Gasteiger partial charge in [-0.05, 0) is 24.6 Å². The molecule has 3 nitrogen and oxygen atoms in total. The Morgan fingerprint density at radius 3 is 2.75 bits per heavy atom. The summed E-state index contributed by atoms with van der Waals surface area (Å²) in [5.41, 5.74) is 1.24. The van der Waals surface area contributed by atoms with E-state index in [-0.39, 0.29) is 0 Å². The van der Waals surface area contributed by atoms with Crippen molar-refractivity contribution in [2.24, 2.45) is 4.99 Å². The quantitative estimate of drug-likeness (QED) is 0.781. The maximum Gasteiger partial charge on any atom is 0.212 e. The van der Waals surface area contributed by atoms with E-state index in [9.17, 15) is 0 Å². The number of hydrogen-bond donors (Lipinski definition) is 0. The molecule has 100 valence electrons. The summed E-state index contributed by atoms with van der Waals surface area (Å²) >= 11 is 0. The Hall–Kier alpha value is -2.60. The molecular weight excluding hydrogens is 248 g/mol. The highest BCUT2D eigenvalue weighted by Crippen LogP contribution is 2.25. The zero-order valence-corrected chi connectivity index (χ0v) is 11.4. The number of benzene rings is 1. The number of nitriles is 1. The van der Waals surface area contributed by atoms with Gasteiger partial charge in [0.25, 0.3) is 0 Å². The molecule has 0 spiro atoms. The molecule has 0 saturated carbocycles. The van der Waals surface area contributed by atoms with Gasteiger partial charge >= 0.3 is 0 Å². The van der Waals surface area contributed by atoms with Crippen molar-refractivity contribution in [2.75, 3.05) is 6.61 Å². The van der Waals surface area contributed by atoms with Crippen LogP contribution in [0.5, 0.6) is 0 Å². The highest BCUT2D eigenvalue weighted by Gasteiger charge is 2.31. The first-order chi connectivity index (χ1) is 9.65. The van der Waals surface area contributed by atoms with Crippen LogP contribution in [0.3, 0.4) is 0 Å². The second-order valence-corrected chi connectivity index (χ2v) is 4.68. The SMILES string of the molecule is C=C(C)C1=NC(C=CC#N)(C=Cc2ccccc2)CO1. The number of aliphatic imine (C=N–C) groups is 1. The molecule has 1 atom stereocenters. The molecule has 1 unspecified atom stereocenters. The molecule has 0 saturated heterocycles. The monoisotopic (exact) mass is 264 g/mol. The molecule has 2 rings (SSSR count). The first-order valence-corrected chi connectivity index (χ1v) is 6.35. The van der Waals surface area contributed by atoms with Gasteiger partial charge in [-0.3, -0.25) is 0 Å². The van der Waals surface area contributed by atoms with Crippen LogP contribution >= 0.6 is 0 Å². The van der Waals surface area contributed by atoms with E-state index in [0.29, 0.717) is 12.5 Å². The summed E-state index contributed by atoms with van der Waals surface area (Å²) in [6.45, 7) is 6.07. The zero-order valence-electron chi connectivity index (χ0n) is 11.4. The van der Waals surface area contributed by atoms with Crippen LogP contribution in [0.25, 0.3) is 6.08 Å². The second kappa shape index (κ2) is 6.03. The van der Waals surface area contributed by atoms with Crippen LogP contribution in [0, 0.1) is 11.3 Å². The van der Waals surface area contributed by atoms with Gasteiger partial charge in [0.1, 0.15) is 12.1 Å². The predicted octanol–water partition coefficient (Wildman–Crippen LogP) is 3.52. The molecular formula is C17H16N2O. The van der Waals surface area contributed by atoms with Crippen molar-refractivity contribution in [3.8, 4) is 6.07 Å². The number of nitrogens with zero attached hydrogens (tertiary/aromatic N) is 2. The summed E-state index contributed by atoms with van der Waals surface area (Å²) in [6.07, 6.45) is 7.12. The van der Waals surface area contributed by atoms with Crippen LogP contribution in [0.4, 0.5) is 0 Å². The van der Waals surface area contributed by atoms with Gasteiger partial charge in [0.2, 0.25) is 5.90 Å². The molecule has 0 fully saturated rings. The first-order valence-electron chi connectivity index (χ1n) is 6.35. The van der Waals surface area contributed by atoms with Crippen molar-refractivity contribution < 1.29 is 4.74 Å². The van der Waals surface area contributed by atoms with E-state index in [4.69, 9.17) is 10.00 Å². The van der Waals surface area contributed by atoms with Gasteiger partial charge in [-0.1, -0.05) is 43.0 Å². The van der Waals surface area contributed by atoms with Crippen LogP contribution in [0.2, 0.25) is 0 Å². The fraction of sp³-hybridized carbons (Fsp3) is 0.176. The lowest BCUT2D eigenvalue weighted by atomic mass is 9.99. The molecule has 0 bridgehead atoms. The highest BCUT2D eigenvalue weighted by atomic mass is 16.5. The number of rotatable bonds is 4. The van der Waals surface area contributed by atoms with Crippen molar-refractivity contribution in [1.29, 1.82) is 5.26 Å². The maximum atomic E-state index is 8.73. The van der Waals surface area contributed by atoms with Crippen molar-refractivity contribution in [1.82, 2.24) is 0 Å². The summed E-state index contributed by atoms with van der Waals surface area (Å²) in [7, 11) is 0. The van der Waals surface area contributed by atoms with Gasteiger partial charge in [-0.2, -0.15) is 5.26 Å². The average molecular weight is 264 g/mol. The van der Waals surface area contributed by atoms with Crippen molar-refractivity contribution in [2.45, 2.75) is 12.5 Å². The zero-order chi connectivity index (χ0) is 14.4. The Morgan fingerprint density at radius 2 is 2.15 bits per heavy atom. The number of allylic oxidation sites excluding steroid dienone is 1. The summed E-state index contributed by atoms with van der Waals surface area (Å²) in [4.78, 5) is 4.54. The standard InChI is InChI=1S/C17H16N2O/c1-14(2)16-19-17(13-20-16,10-6-12-18)11-9-15-7-4-3-5-8-15/h3-11H,1,13H2,2H3. The second-order valence-electron chi connectivity index (χ2n) is 4.68. The fourth-order valence-corrected chi connectivity index (χ4v) is 1.87. The van der Waals surface area contributed by atoms with E-state index in [0.717, 1.165) is 11.1 Å². The smallest absolute Gasteiger partial charge is 0.212 e. The summed E-state index contributed by atoms with van der Waals surface area (Å²) in [5.74, 6) is 0.547. The van der Waals surface area contributed by atoms with Crippen LogP contribution in [-0.4, -0.2) is 18.0 Å². The Bertz CT molecular complexity index is 620. The number of ether oxygens (including phenoxy) is 1. The minimum Gasteiger partial charge on any atom is -0.474 e. The van der Waals surface area contributed by atoms with E-state index in [1.54, 1.807) is 6.08 Å². The lowest BCUT2D eigenvalue weighted by Crippen LogP contribution is -2.22. The molecule has 0 aromatic heterocycles. The van der Waals surface area contributed by atoms with Crippen LogP contribution in [-0.2, 0) is 4.74 Å². The van der Waals surface area contributed by atoms with Gasteiger partial charge in [0.05, 0.1) is 6.07 Å². The molecule has 0 radical (unpaired) electrons. The molecule has 3 heteroatoms. The van der Waals surface area contributed by atoms with E-state index < -0.39 is 5.54 Å². The van der Waals surface area contributed by atoms with Crippen LogP contribution in [0.15, 0.2) is 65.7 Å². The van der Waals surface area contributed by atoms with Gasteiger partial charge < -0.3 is 4.74 Å². The molecule has 1 aromatic carbocycles. The normalized spacial score (nSPS) is 21.7. The third-order valence-electron chi connectivity index (χ3n) is 2.93. The van der Waals surface area contributed by atoms with Crippen molar-refractivity contribution >= 4 is 12.0 Å². The van der Waals surface area contributed by atoms with E-state index in [1.165, 1.54) is 6.08 Å². The third-order valence-corrected chi connectivity index (χ3v) is 2.93. The maximum absolute atomic E-state index is 8.73. The molecule has 1 aliphatic rings. The predicted molar refractivity (Wildman–Crippen MR) is 81.2 cm³/mol. The minimum absolute atomic E-state index is 0.386. The first kappa shape index (κ1) is 13.8. The molecule has 0 amide bonds. The lowest BCUT2D eigenvalue weighted by molar-refractivity contribution is 0.307. The Kier molecular flexibility index (Phi) is 4.17. The molecule has 1 aromatic rings. The van der Waals surface area contributed by atoms with Crippen molar-refractivity contribution in [3.63, 3.8) is 0 Å². The molecule has 0 N–H and O–H groups in total. The molecule has 20 heavy (non-hydrogen) atoms. The molecule has 1 heterocycles. The van der Waals surface area contributed by atoms with Gasteiger partial charge in [-0.25, -0.2) is 4.99 Å². The molecule has 0 aliphatic carbocycles.